The maximum atomic E-state index is 12.6. The molecule has 0 unspecified atom stereocenters. The lowest BCUT2D eigenvalue weighted by atomic mass is 10.3. The Balaban J connectivity index is 1.87. The molecule has 0 spiro atoms. The molecule has 1 heterocycles. The standard InChI is InChI=1S/C19H20N2O5S/c1-25-14-7-9-15(10-8-14)27(23,24)12-11-18-20-16-5-3-4-6-17(16)21(18)13-19(22)26-2/h3-10H,11-13H2,1-2H3. The zero-order valence-corrected chi connectivity index (χ0v) is 15.9. The Kier molecular flexibility index (Phi) is 5.46. The van der Waals surface area contributed by atoms with E-state index in [-0.39, 0.29) is 23.6 Å². The van der Waals surface area contributed by atoms with Crippen LogP contribution >= 0.6 is 0 Å². The Bertz CT molecular complexity index is 1060. The minimum atomic E-state index is -3.50. The number of ether oxygens (including phenoxy) is 2. The number of sulfone groups is 1. The van der Waals surface area contributed by atoms with Gasteiger partial charge in [0.05, 0.1) is 35.9 Å². The zero-order valence-electron chi connectivity index (χ0n) is 15.1. The van der Waals surface area contributed by atoms with Gasteiger partial charge in [-0.1, -0.05) is 12.1 Å². The molecule has 0 fully saturated rings. The molecule has 0 saturated heterocycles. The van der Waals surface area contributed by atoms with Gasteiger partial charge in [-0.3, -0.25) is 4.79 Å². The van der Waals surface area contributed by atoms with E-state index in [9.17, 15) is 13.2 Å². The summed E-state index contributed by atoms with van der Waals surface area (Å²) in [5.74, 6) is 0.578. The number of carbonyl (C=O) groups is 1. The van der Waals surface area contributed by atoms with Crippen LogP contribution < -0.4 is 4.74 Å². The Hall–Kier alpha value is -2.87. The monoisotopic (exact) mass is 388 g/mol. The number of carbonyl (C=O) groups excluding carboxylic acids is 1. The van der Waals surface area contributed by atoms with Crippen molar-refractivity contribution in [3.8, 4) is 5.75 Å². The van der Waals surface area contributed by atoms with E-state index in [0.717, 1.165) is 5.52 Å². The van der Waals surface area contributed by atoms with Gasteiger partial charge >= 0.3 is 5.97 Å². The van der Waals surface area contributed by atoms with E-state index in [1.54, 1.807) is 16.7 Å². The van der Waals surface area contributed by atoms with E-state index < -0.39 is 15.8 Å². The normalized spacial score (nSPS) is 11.5. The van der Waals surface area contributed by atoms with Gasteiger partial charge in [0, 0.05) is 6.42 Å². The van der Waals surface area contributed by atoms with Gasteiger partial charge in [-0.15, -0.1) is 0 Å². The molecule has 0 aliphatic heterocycles. The summed E-state index contributed by atoms with van der Waals surface area (Å²) in [6, 6.07) is 13.6. The number of hydrogen-bond acceptors (Lipinski definition) is 6. The van der Waals surface area contributed by atoms with Crippen molar-refractivity contribution in [3.05, 3.63) is 54.4 Å². The van der Waals surface area contributed by atoms with Crippen molar-refractivity contribution in [2.75, 3.05) is 20.0 Å². The largest absolute Gasteiger partial charge is 0.497 e. The Morgan fingerprint density at radius 1 is 1.07 bits per heavy atom. The van der Waals surface area contributed by atoms with Crippen molar-refractivity contribution in [1.82, 2.24) is 9.55 Å². The fourth-order valence-corrected chi connectivity index (χ4v) is 4.05. The molecule has 0 amide bonds. The Morgan fingerprint density at radius 3 is 2.44 bits per heavy atom. The fourth-order valence-electron chi connectivity index (χ4n) is 2.81. The number of esters is 1. The number of nitrogens with zero attached hydrogens (tertiary/aromatic N) is 2. The molecule has 0 bridgehead atoms. The number of hydrogen-bond donors (Lipinski definition) is 0. The van der Waals surface area contributed by atoms with Crippen LogP contribution in [-0.4, -0.2) is 43.9 Å². The van der Waals surface area contributed by atoms with Crippen LogP contribution in [0.4, 0.5) is 0 Å². The van der Waals surface area contributed by atoms with Crippen LogP contribution in [0.3, 0.4) is 0 Å². The summed E-state index contributed by atoms with van der Waals surface area (Å²) in [4.78, 5) is 16.5. The van der Waals surface area contributed by atoms with Crippen molar-refractivity contribution in [2.45, 2.75) is 17.9 Å². The van der Waals surface area contributed by atoms with Crippen LogP contribution in [0.5, 0.6) is 5.75 Å². The highest BCUT2D eigenvalue weighted by atomic mass is 32.2. The molecule has 0 N–H and O–H groups in total. The van der Waals surface area contributed by atoms with Crippen LogP contribution in [0.15, 0.2) is 53.4 Å². The quantitative estimate of drug-likeness (QED) is 0.577. The van der Waals surface area contributed by atoms with E-state index in [4.69, 9.17) is 9.47 Å². The van der Waals surface area contributed by atoms with Crippen molar-refractivity contribution < 1.29 is 22.7 Å². The number of methoxy groups -OCH3 is 2. The summed E-state index contributed by atoms with van der Waals surface area (Å²) in [6.45, 7) is -0.0189. The number of para-hydroxylation sites is 2. The fraction of sp³-hybridized carbons (Fsp3) is 0.263. The van der Waals surface area contributed by atoms with Crippen LogP contribution in [0.1, 0.15) is 5.82 Å². The molecule has 0 aliphatic rings. The average molecular weight is 388 g/mol. The van der Waals surface area contributed by atoms with Gasteiger partial charge in [-0.2, -0.15) is 0 Å². The Labute approximate surface area is 157 Å². The molecule has 1 aromatic heterocycles. The second kappa shape index (κ2) is 7.79. The molecule has 0 radical (unpaired) electrons. The predicted octanol–water partition coefficient (Wildman–Crippen LogP) is 2.23. The van der Waals surface area contributed by atoms with Crippen molar-refractivity contribution in [2.24, 2.45) is 0 Å². The summed E-state index contributed by atoms with van der Waals surface area (Å²) in [7, 11) is -0.659. The van der Waals surface area contributed by atoms with E-state index in [0.29, 0.717) is 17.1 Å². The van der Waals surface area contributed by atoms with Gasteiger partial charge in [-0.25, -0.2) is 13.4 Å². The summed E-state index contributed by atoms with van der Waals surface area (Å²) < 4.78 is 36.8. The van der Waals surface area contributed by atoms with E-state index in [1.807, 2.05) is 24.3 Å². The highest BCUT2D eigenvalue weighted by molar-refractivity contribution is 7.91. The van der Waals surface area contributed by atoms with E-state index >= 15 is 0 Å². The first-order chi connectivity index (χ1) is 12.9. The smallest absolute Gasteiger partial charge is 0.325 e. The van der Waals surface area contributed by atoms with E-state index in [1.165, 1.54) is 26.4 Å². The first kappa shape index (κ1) is 18.9. The lowest BCUT2D eigenvalue weighted by Crippen LogP contribution is -2.17. The Morgan fingerprint density at radius 2 is 1.78 bits per heavy atom. The number of imidazole rings is 1. The van der Waals surface area contributed by atoms with Crippen LogP contribution in [0.2, 0.25) is 0 Å². The minimum Gasteiger partial charge on any atom is -0.497 e. The van der Waals surface area contributed by atoms with Gasteiger partial charge in [0.1, 0.15) is 18.1 Å². The second-order valence-corrected chi connectivity index (χ2v) is 8.03. The number of aryl methyl sites for hydroxylation is 1. The molecule has 3 rings (SSSR count). The van der Waals surface area contributed by atoms with Gasteiger partial charge in [0.2, 0.25) is 0 Å². The summed E-state index contributed by atoms with van der Waals surface area (Å²) in [5, 5.41) is 0. The number of aromatic nitrogens is 2. The molecule has 27 heavy (non-hydrogen) atoms. The lowest BCUT2D eigenvalue weighted by molar-refractivity contribution is -0.141. The number of benzene rings is 2. The summed E-state index contributed by atoms with van der Waals surface area (Å²) in [6.07, 6.45) is 0.181. The van der Waals surface area contributed by atoms with Crippen LogP contribution in [0, 0.1) is 0 Å². The predicted molar refractivity (Wildman–Crippen MR) is 100 cm³/mol. The minimum absolute atomic E-state index is 0.0189. The molecule has 7 nitrogen and oxygen atoms in total. The molecule has 0 saturated carbocycles. The molecular weight excluding hydrogens is 368 g/mol. The van der Waals surface area contributed by atoms with Crippen LogP contribution in [0.25, 0.3) is 11.0 Å². The molecule has 0 atom stereocenters. The third kappa shape index (κ3) is 4.11. The van der Waals surface area contributed by atoms with Crippen molar-refractivity contribution >= 4 is 26.8 Å². The average Bonchev–Trinajstić information content (AvgIpc) is 3.04. The third-order valence-electron chi connectivity index (χ3n) is 4.26. The highest BCUT2D eigenvalue weighted by Gasteiger charge is 2.19. The summed E-state index contributed by atoms with van der Waals surface area (Å²) >= 11 is 0. The maximum absolute atomic E-state index is 12.6. The first-order valence-corrected chi connectivity index (χ1v) is 9.97. The van der Waals surface area contributed by atoms with E-state index in [2.05, 4.69) is 4.98 Å². The van der Waals surface area contributed by atoms with Crippen LogP contribution in [-0.2, 0) is 32.3 Å². The first-order valence-electron chi connectivity index (χ1n) is 8.32. The van der Waals surface area contributed by atoms with Crippen molar-refractivity contribution in [1.29, 1.82) is 0 Å². The van der Waals surface area contributed by atoms with Gasteiger partial charge < -0.3 is 14.0 Å². The molecule has 2 aromatic carbocycles. The highest BCUT2D eigenvalue weighted by Crippen LogP contribution is 2.20. The molecule has 8 heteroatoms. The lowest BCUT2D eigenvalue weighted by Gasteiger charge is -2.09. The zero-order chi connectivity index (χ0) is 19.4. The topological polar surface area (TPSA) is 87.5 Å². The molecule has 142 valence electrons. The summed E-state index contributed by atoms with van der Waals surface area (Å²) in [5.41, 5.74) is 1.47. The molecule has 3 aromatic rings. The van der Waals surface area contributed by atoms with Gasteiger partial charge in [0.25, 0.3) is 0 Å². The van der Waals surface area contributed by atoms with Gasteiger partial charge in [-0.05, 0) is 36.4 Å². The number of rotatable bonds is 7. The maximum Gasteiger partial charge on any atom is 0.325 e. The number of fused-ring (bicyclic) bond motifs is 1. The van der Waals surface area contributed by atoms with Crippen molar-refractivity contribution in [3.63, 3.8) is 0 Å². The second-order valence-electron chi connectivity index (χ2n) is 5.92. The van der Waals surface area contributed by atoms with Gasteiger partial charge in [0.15, 0.2) is 9.84 Å². The SMILES string of the molecule is COC(=O)Cn1c(CCS(=O)(=O)c2ccc(OC)cc2)nc2ccccc21. The molecular formula is C19H20N2O5S. The molecule has 0 aliphatic carbocycles. The third-order valence-corrected chi connectivity index (χ3v) is 5.99.